The predicted molar refractivity (Wildman–Crippen MR) is 90.2 cm³/mol. The zero-order chi connectivity index (χ0) is 16.0. The molecule has 1 N–H and O–H groups in total. The quantitative estimate of drug-likeness (QED) is 0.514. The fourth-order valence-electron chi connectivity index (χ4n) is 2.51. The van der Waals surface area contributed by atoms with Crippen molar-refractivity contribution in [3.63, 3.8) is 0 Å². The standard InChI is InChI=1S/C19H29NO2/c1-2-3-4-5-6-7-8-9-10-11-12-22-19-14-17(16-20)13-18(21)15-19/h13-15,21H,2-12H2,1H3. The van der Waals surface area contributed by atoms with Gasteiger partial charge in [0.05, 0.1) is 18.2 Å². The number of nitrogens with zero attached hydrogens (tertiary/aromatic N) is 1. The maximum atomic E-state index is 9.47. The summed E-state index contributed by atoms with van der Waals surface area (Å²) in [4.78, 5) is 0. The van der Waals surface area contributed by atoms with E-state index in [2.05, 4.69) is 6.92 Å². The second kappa shape index (κ2) is 11.9. The Morgan fingerprint density at radius 1 is 0.909 bits per heavy atom. The average molecular weight is 303 g/mol. The number of rotatable bonds is 12. The number of benzene rings is 1. The SMILES string of the molecule is CCCCCCCCCCCCOc1cc(O)cc(C#N)c1. The number of unbranched alkanes of at least 4 members (excludes halogenated alkanes) is 9. The molecule has 0 spiro atoms. The summed E-state index contributed by atoms with van der Waals surface area (Å²) in [7, 11) is 0. The molecule has 0 aliphatic heterocycles. The molecule has 0 bridgehead atoms. The molecule has 0 aliphatic carbocycles. The third kappa shape index (κ3) is 8.56. The van der Waals surface area contributed by atoms with Crippen molar-refractivity contribution >= 4 is 0 Å². The first-order valence-corrected chi connectivity index (χ1v) is 8.63. The van der Waals surface area contributed by atoms with Gasteiger partial charge in [0.1, 0.15) is 11.5 Å². The minimum Gasteiger partial charge on any atom is -0.508 e. The third-order valence-corrected chi connectivity index (χ3v) is 3.79. The van der Waals surface area contributed by atoms with Gasteiger partial charge in [-0.25, -0.2) is 0 Å². The van der Waals surface area contributed by atoms with E-state index in [0.29, 0.717) is 17.9 Å². The second-order valence-corrected chi connectivity index (χ2v) is 5.86. The van der Waals surface area contributed by atoms with E-state index in [1.165, 1.54) is 63.9 Å². The highest BCUT2D eigenvalue weighted by Gasteiger charge is 2.00. The van der Waals surface area contributed by atoms with Gasteiger partial charge in [-0.15, -0.1) is 0 Å². The summed E-state index contributed by atoms with van der Waals surface area (Å²) < 4.78 is 5.59. The predicted octanol–water partition coefficient (Wildman–Crippen LogP) is 5.56. The Balaban J connectivity index is 2.00. The van der Waals surface area contributed by atoms with Gasteiger partial charge in [0, 0.05) is 6.07 Å². The highest BCUT2D eigenvalue weighted by Crippen LogP contribution is 2.21. The number of phenolic OH excluding ortho intramolecular Hbond substituents is 1. The van der Waals surface area contributed by atoms with Crippen molar-refractivity contribution in [2.75, 3.05) is 6.61 Å². The maximum Gasteiger partial charge on any atom is 0.124 e. The number of phenols is 1. The molecular weight excluding hydrogens is 274 g/mol. The Labute approximate surface area is 134 Å². The van der Waals surface area contributed by atoms with Crippen LogP contribution in [0.2, 0.25) is 0 Å². The van der Waals surface area contributed by atoms with Gasteiger partial charge in [-0.1, -0.05) is 64.7 Å². The molecule has 1 aromatic rings. The lowest BCUT2D eigenvalue weighted by molar-refractivity contribution is 0.302. The van der Waals surface area contributed by atoms with Crippen LogP contribution in [-0.4, -0.2) is 11.7 Å². The van der Waals surface area contributed by atoms with Crippen molar-refractivity contribution < 1.29 is 9.84 Å². The van der Waals surface area contributed by atoms with Gasteiger partial charge in [-0.05, 0) is 18.6 Å². The topological polar surface area (TPSA) is 53.2 Å². The summed E-state index contributed by atoms with van der Waals surface area (Å²) in [5, 5.41) is 18.3. The molecule has 0 aromatic heterocycles. The molecule has 3 nitrogen and oxygen atoms in total. The zero-order valence-corrected chi connectivity index (χ0v) is 13.8. The Morgan fingerprint density at radius 3 is 2.09 bits per heavy atom. The Kier molecular flexibility index (Phi) is 9.94. The molecule has 1 rings (SSSR count). The molecule has 1 aromatic carbocycles. The van der Waals surface area contributed by atoms with Crippen molar-refractivity contribution in [3.05, 3.63) is 23.8 Å². The van der Waals surface area contributed by atoms with Crippen molar-refractivity contribution in [2.45, 2.75) is 71.1 Å². The molecule has 0 amide bonds. The first-order chi connectivity index (χ1) is 10.8. The van der Waals surface area contributed by atoms with Crippen LogP contribution in [0.25, 0.3) is 0 Å². The summed E-state index contributed by atoms with van der Waals surface area (Å²) in [5.74, 6) is 0.657. The average Bonchev–Trinajstić information content (AvgIpc) is 2.52. The monoisotopic (exact) mass is 303 g/mol. The van der Waals surface area contributed by atoms with Crippen LogP contribution in [0.4, 0.5) is 0 Å². The zero-order valence-electron chi connectivity index (χ0n) is 13.8. The van der Waals surface area contributed by atoms with Gasteiger partial charge in [0.15, 0.2) is 0 Å². The first-order valence-electron chi connectivity index (χ1n) is 8.63. The molecule has 0 unspecified atom stereocenters. The van der Waals surface area contributed by atoms with Crippen LogP contribution in [-0.2, 0) is 0 Å². The summed E-state index contributed by atoms with van der Waals surface area (Å²) in [5.41, 5.74) is 0.429. The summed E-state index contributed by atoms with van der Waals surface area (Å²) in [6.07, 6.45) is 13.0. The minimum atomic E-state index is 0.0807. The van der Waals surface area contributed by atoms with Crippen molar-refractivity contribution in [2.24, 2.45) is 0 Å². The van der Waals surface area contributed by atoms with E-state index in [1.54, 1.807) is 12.1 Å². The Hall–Kier alpha value is -1.69. The van der Waals surface area contributed by atoms with Crippen molar-refractivity contribution in [3.8, 4) is 17.6 Å². The minimum absolute atomic E-state index is 0.0807. The fourth-order valence-corrected chi connectivity index (χ4v) is 2.51. The molecular formula is C19H29NO2. The van der Waals surface area contributed by atoms with E-state index >= 15 is 0 Å². The highest BCUT2D eigenvalue weighted by atomic mass is 16.5. The molecule has 122 valence electrons. The summed E-state index contributed by atoms with van der Waals surface area (Å²) >= 11 is 0. The van der Waals surface area contributed by atoms with Gasteiger partial charge < -0.3 is 9.84 Å². The van der Waals surface area contributed by atoms with Gasteiger partial charge in [-0.2, -0.15) is 5.26 Å². The van der Waals surface area contributed by atoms with E-state index in [9.17, 15) is 5.11 Å². The first kappa shape index (κ1) is 18.4. The second-order valence-electron chi connectivity index (χ2n) is 5.86. The third-order valence-electron chi connectivity index (χ3n) is 3.79. The van der Waals surface area contributed by atoms with Crippen LogP contribution in [0.1, 0.15) is 76.7 Å². The summed E-state index contributed by atoms with van der Waals surface area (Å²) in [6.45, 7) is 2.89. The maximum absolute atomic E-state index is 9.47. The van der Waals surface area contributed by atoms with Crippen LogP contribution in [0.3, 0.4) is 0 Å². The normalized spacial score (nSPS) is 10.4. The van der Waals surface area contributed by atoms with E-state index in [1.807, 2.05) is 6.07 Å². The fraction of sp³-hybridized carbons (Fsp3) is 0.632. The van der Waals surface area contributed by atoms with Crippen LogP contribution in [0.15, 0.2) is 18.2 Å². The van der Waals surface area contributed by atoms with E-state index in [4.69, 9.17) is 10.00 Å². The van der Waals surface area contributed by atoms with E-state index in [-0.39, 0.29) is 5.75 Å². The molecule has 0 atom stereocenters. The van der Waals surface area contributed by atoms with Gasteiger partial charge >= 0.3 is 0 Å². The number of aromatic hydroxyl groups is 1. The molecule has 22 heavy (non-hydrogen) atoms. The molecule has 0 radical (unpaired) electrons. The number of nitriles is 1. The van der Waals surface area contributed by atoms with Gasteiger partial charge in [-0.3, -0.25) is 0 Å². The van der Waals surface area contributed by atoms with Gasteiger partial charge in [0.25, 0.3) is 0 Å². The molecule has 0 heterocycles. The number of hydrogen-bond acceptors (Lipinski definition) is 3. The van der Waals surface area contributed by atoms with E-state index in [0.717, 1.165) is 6.42 Å². The molecule has 0 fully saturated rings. The number of hydrogen-bond donors (Lipinski definition) is 1. The number of ether oxygens (including phenoxy) is 1. The smallest absolute Gasteiger partial charge is 0.124 e. The van der Waals surface area contributed by atoms with Crippen molar-refractivity contribution in [1.29, 1.82) is 5.26 Å². The van der Waals surface area contributed by atoms with Crippen LogP contribution in [0.5, 0.6) is 11.5 Å². The lowest BCUT2D eigenvalue weighted by Crippen LogP contribution is -1.97. The molecule has 0 aliphatic rings. The molecule has 3 heteroatoms. The highest BCUT2D eigenvalue weighted by molar-refractivity contribution is 5.43. The lowest BCUT2D eigenvalue weighted by Gasteiger charge is -2.07. The van der Waals surface area contributed by atoms with E-state index < -0.39 is 0 Å². The molecule has 0 saturated carbocycles. The largest absolute Gasteiger partial charge is 0.508 e. The lowest BCUT2D eigenvalue weighted by atomic mass is 10.1. The summed E-state index contributed by atoms with van der Waals surface area (Å²) in [6, 6.07) is 6.66. The Bertz CT molecular complexity index is 451. The Morgan fingerprint density at radius 2 is 1.50 bits per heavy atom. The van der Waals surface area contributed by atoms with Crippen LogP contribution < -0.4 is 4.74 Å². The van der Waals surface area contributed by atoms with Crippen molar-refractivity contribution in [1.82, 2.24) is 0 Å². The van der Waals surface area contributed by atoms with Crippen LogP contribution in [0, 0.1) is 11.3 Å². The van der Waals surface area contributed by atoms with Gasteiger partial charge in [0.2, 0.25) is 0 Å². The van der Waals surface area contributed by atoms with Crippen LogP contribution >= 0.6 is 0 Å². The molecule has 0 saturated heterocycles.